The van der Waals surface area contributed by atoms with Crippen LogP contribution in [0.25, 0.3) is 0 Å². The van der Waals surface area contributed by atoms with Crippen LogP contribution in [0.4, 0.5) is 0 Å². The zero-order chi connectivity index (χ0) is 20.3. The van der Waals surface area contributed by atoms with Gasteiger partial charge in [-0.05, 0) is 52.9 Å². The van der Waals surface area contributed by atoms with Crippen LogP contribution in [0.2, 0.25) is 0 Å². The van der Waals surface area contributed by atoms with E-state index in [9.17, 15) is 4.79 Å². The van der Waals surface area contributed by atoms with Gasteiger partial charge in [0.1, 0.15) is 6.04 Å². The SMILES string of the molecule is O=C(NN1CCc2ccccc2C1c1nnnn1C1CCCCC1)c1ccccc1. The van der Waals surface area contributed by atoms with Crippen molar-refractivity contribution in [2.75, 3.05) is 6.54 Å². The molecule has 1 unspecified atom stereocenters. The Kier molecular flexibility index (Phi) is 5.27. The van der Waals surface area contributed by atoms with E-state index in [1.54, 1.807) is 0 Å². The fourth-order valence-corrected chi connectivity index (χ4v) is 4.72. The number of benzene rings is 2. The van der Waals surface area contributed by atoms with Gasteiger partial charge in [0, 0.05) is 12.1 Å². The first-order chi connectivity index (χ1) is 14.8. The van der Waals surface area contributed by atoms with Crippen molar-refractivity contribution in [2.45, 2.75) is 50.6 Å². The topological polar surface area (TPSA) is 75.9 Å². The number of nitrogens with zero attached hydrogens (tertiary/aromatic N) is 5. The molecule has 2 aliphatic rings. The Morgan fingerprint density at radius 3 is 2.57 bits per heavy atom. The molecule has 1 aliphatic carbocycles. The first-order valence-electron chi connectivity index (χ1n) is 10.8. The highest BCUT2D eigenvalue weighted by molar-refractivity contribution is 5.93. The molecule has 1 aromatic heterocycles. The van der Waals surface area contributed by atoms with E-state index in [1.165, 1.54) is 24.8 Å². The van der Waals surface area contributed by atoms with Crippen LogP contribution in [-0.4, -0.2) is 37.7 Å². The first kappa shape index (κ1) is 18.9. The summed E-state index contributed by atoms with van der Waals surface area (Å²) in [5.41, 5.74) is 6.21. The molecular weight excluding hydrogens is 376 g/mol. The van der Waals surface area contributed by atoms with Crippen molar-refractivity contribution in [3.8, 4) is 0 Å². The highest BCUT2D eigenvalue weighted by Crippen LogP contribution is 2.36. The monoisotopic (exact) mass is 402 g/mol. The van der Waals surface area contributed by atoms with Gasteiger partial charge in [-0.2, -0.15) is 0 Å². The minimum Gasteiger partial charge on any atom is -0.284 e. The minimum absolute atomic E-state index is 0.114. The third-order valence-corrected chi connectivity index (χ3v) is 6.25. The molecule has 0 saturated heterocycles. The van der Waals surface area contributed by atoms with Gasteiger partial charge in [-0.3, -0.25) is 10.2 Å². The van der Waals surface area contributed by atoms with Gasteiger partial charge in [-0.1, -0.05) is 61.7 Å². The second-order valence-corrected chi connectivity index (χ2v) is 8.13. The van der Waals surface area contributed by atoms with Crippen LogP contribution < -0.4 is 5.43 Å². The van der Waals surface area contributed by atoms with Crippen molar-refractivity contribution in [3.05, 3.63) is 77.1 Å². The number of rotatable bonds is 4. The number of nitrogens with one attached hydrogen (secondary N) is 1. The summed E-state index contributed by atoms with van der Waals surface area (Å²) in [7, 11) is 0. The second kappa shape index (κ2) is 8.36. The van der Waals surface area contributed by atoms with E-state index < -0.39 is 0 Å². The Hall–Kier alpha value is -3.06. The summed E-state index contributed by atoms with van der Waals surface area (Å²) in [6.07, 6.45) is 6.76. The lowest BCUT2D eigenvalue weighted by molar-refractivity contribution is 0.0689. The summed E-state index contributed by atoms with van der Waals surface area (Å²) >= 11 is 0. The quantitative estimate of drug-likeness (QED) is 0.723. The van der Waals surface area contributed by atoms with E-state index in [0.717, 1.165) is 30.7 Å². The van der Waals surface area contributed by atoms with Crippen molar-refractivity contribution in [1.82, 2.24) is 30.6 Å². The van der Waals surface area contributed by atoms with Crippen LogP contribution in [0.1, 0.15) is 71.5 Å². The lowest BCUT2D eigenvalue weighted by atomic mass is 9.92. The number of amides is 1. The van der Waals surface area contributed by atoms with Crippen molar-refractivity contribution in [1.29, 1.82) is 0 Å². The van der Waals surface area contributed by atoms with E-state index in [-0.39, 0.29) is 11.9 Å². The van der Waals surface area contributed by atoms with Crippen LogP contribution in [0.15, 0.2) is 54.6 Å². The molecule has 7 nitrogen and oxygen atoms in total. The normalized spacial score (nSPS) is 19.9. The van der Waals surface area contributed by atoms with E-state index in [4.69, 9.17) is 0 Å². The van der Waals surface area contributed by atoms with Crippen molar-refractivity contribution in [3.63, 3.8) is 0 Å². The van der Waals surface area contributed by atoms with Gasteiger partial charge in [-0.15, -0.1) is 5.10 Å². The van der Waals surface area contributed by atoms with Crippen LogP contribution in [0.3, 0.4) is 0 Å². The van der Waals surface area contributed by atoms with Gasteiger partial charge in [0.15, 0.2) is 5.82 Å². The average molecular weight is 403 g/mol. The lowest BCUT2D eigenvalue weighted by Crippen LogP contribution is -2.49. The Balaban J connectivity index is 1.51. The average Bonchev–Trinajstić information content (AvgIpc) is 3.29. The number of hydrogen-bond acceptors (Lipinski definition) is 5. The van der Waals surface area contributed by atoms with Crippen LogP contribution >= 0.6 is 0 Å². The number of fused-ring (bicyclic) bond motifs is 1. The van der Waals surface area contributed by atoms with E-state index in [2.05, 4.69) is 39.2 Å². The van der Waals surface area contributed by atoms with Gasteiger partial charge in [0.2, 0.25) is 0 Å². The van der Waals surface area contributed by atoms with Gasteiger partial charge >= 0.3 is 0 Å². The predicted octanol–water partition coefficient (Wildman–Crippen LogP) is 3.47. The molecular formula is C23H26N6O. The molecule has 3 aromatic rings. The molecule has 1 fully saturated rings. The lowest BCUT2D eigenvalue weighted by Gasteiger charge is -2.37. The summed E-state index contributed by atoms with van der Waals surface area (Å²) in [4.78, 5) is 12.9. The molecule has 1 saturated carbocycles. The number of carbonyl (C=O) groups excluding carboxylic acids is 1. The maximum atomic E-state index is 12.9. The molecule has 30 heavy (non-hydrogen) atoms. The summed E-state index contributed by atoms with van der Waals surface area (Å²) in [5, 5.41) is 14.9. The fraction of sp³-hybridized carbons (Fsp3) is 0.391. The molecule has 1 amide bonds. The largest absolute Gasteiger partial charge is 0.284 e. The molecule has 2 aromatic carbocycles. The van der Waals surface area contributed by atoms with E-state index >= 15 is 0 Å². The number of tetrazole rings is 1. The smallest absolute Gasteiger partial charge is 0.265 e. The maximum absolute atomic E-state index is 12.9. The van der Waals surface area contributed by atoms with Gasteiger partial charge in [0.05, 0.1) is 6.04 Å². The number of hydrogen-bond donors (Lipinski definition) is 1. The van der Waals surface area contributed by atoms with Gasteiger partial charge in [0.25, 0.3) is 5.91 Å². The van der Waals surface area contributed by atoms with Crippen molar-refractivity contribution >= 4 is 5.91 Å². The Labute approximate surface area is 176 Å². The minimum atomic E-state index is -0.209. The summed E-state index contributed by atoms with van der Waals surface area (Å²) < 4.78 is 2.01. The van der Waals surface area contributed by atoms with E-state index in [1.807, 2.05) is 46.1 Å². The fourth-order valence-electron chi connectivity index (χ4n) is 4.72. The highest BCUT2D eigenvalue weighted by Gasteiger charge is 2.35. The Morgan fingerprint density at radius 1 is 0.967 bits per heavy atom. The summed E-state index contributed by atoms with van der Waals surface area (Å²) in [5.74, 6) is 0.694. The third-order valence-electron chi connectivity index (χ3n) is 6.25. The highest BCUT2D eigenvalue weighted by atomic mass is 16.2. The van der Waals surface area contributed by atoms with Gasteiger partial charge < -0.3 is 0 Å². The van der Waals surface area contributed by atoms with Crippen LogP contribution in [-0.2, 0) is 6.42 Å². The van der Waals surface area contributed by atoms with Crippen molar-refractivity contribution in [2.24, 2.45) is 0 Å². The molecule has 0 bridgehead atoms. The van der Waals surface area contributed by atoms with Crippen molar-refractivity contribution < 1.29 is 4.79 Å². The third kappa shape index (κ3) is 3.61. The molecule has 2 heterocycles. The van der Waals surface area contributed by atoms with E-state index in [0.29, 0.717) is 18.2 Å². The molecule has 7 heteroatoms. The molecule has 0 radical (unpaired) electrons. The molecule has 154 valence electrons. The second-order valence-electron chi connectivity index (χ2n) is 8.13. The van der Waals surface area contributed by atoms with Gasteiger partial charge in [-0.25, -0.2) is 9.69 Å². The zero-order valence-electron chi connectivity index (χ0n) is 16.9. The predicted molar refractivity (Wildman–Crippen MR) is 113 cm³/mol. The molecule has 0 spiro atoms. The number of carbonyl (C=O) groups is 1. The van der Waals surface area contributed by atoms with Crippen LogP contribution in [0, 0.1) is 0 Å². The maximum Gasteiger partial charge on any atom is 0.265 e. The molecule has 1 atom stereocenters. The van der Waals surface area contributed by atoms with Crippen LogP contribution in [0.5, 0.6) is 0 Å². The number of aromatic nitrogens is 4. The summed E-state index contributed by atoms with van der Waals surface area (Å²) in [6, 6.07) is 17.8. The summed E-state index contributed by atoms with van der Waals surface area (Å²) in [6.45, 7) is 0.706. The standard InChI is InChI=1S/C23H26N6O/c30-23(18-10-3-1-4-11-18)25-28-16-15-17-9-7-8-14-20(17)21(28)22-24-26-27-29(22)19-12-5-2-6-13-19/h1,3-4,7-11,14,19,21H,2,5-6,12-13,15-16H2,(H,25,30). The Bertz CT molecular complexity index is 1010. The first-order valence-corrected chi connectivity index (χ1v) is 10.8. The molecule has 1 N–H and O–H groups in total. The molecule has 1 aliphatic heterocycles. The number of hydrazine groups is 1. The Morgan fingerprint density at radius 2 is 1.73 bits per heavy atom. The zero-order valence-corrected chi connectivity index (χ0v) is 16.9. The molecule has 5 rings (SSSR count).